The van der Waals surface area contributed by atoms with E-state index >= 15 is 0 Å². The van der Waals surface area contributed by atoms with Gasteiger partial charge in [-0.2, -0.15) is 0 Å². The lowest BCUT2D eigenvalue weighted by Crippen LogP contribution is -2.42. The second kappa shape index (κ2) is 8.10. The molecular formula is C20H25N3O3S. The van der Waals surface area contributed by atoms with Crippen LogP contribution in [0.3, 0.4) is 0 Å². The zero-order valence-corrected chi connectivity index (χ0v) is 16.4. The first kappa shape index (κ1) is 19.4. The number of rotatable bonds is 5. The molecule has 0 atom stereocenters. The van der Waals surface area contributed by atoms with E-state index in [0.29, 0.717) is 16.8 Å². The van der Waals surface area contributed by atoms with Gasteiger partial charge in [0.1, 0.15) is 0 Å². The highest BCUT2D eigenvalue weighted by molar-refractivity contribution is 7.92. The van der Waals surface area contributed by atoms with Crippen molar-refractivity contribution in [1.82, 2.24) is 10.6 Å². The lowest BCUT2D eigenvalue weighted by molar-refractivity contribution is 0.0929. The van der Waals surface area contributed by atoms with Crippen LogP contribution in [-0.4, -0.2) is 33.5 Å². The molecule has 2 aromatic rings. The Kier molecular flexibility index (Phi) is 5.82. The largest absolute Gasteiger partial charge is 0.349 e. The third-order valence-electron chi connectivity index (χ3n) is 4.68. The van der Waals surface area contributed by atoms with Gasteiger partial charge < -0.3 is 10.6 Å². The average molecular weight is 388 g/mol. The quantitative estimate of drug-likeness (QED) is 0.736. The Hall–Kier alpha value is -2.38. The van der Waals surface area contributed by atoms with Crippen LogP contribution in [-0.2, 0) is 10.0 Å². The first-order valence-corrected chi connectivity index (χ1v) is 10.6. The van der Waals surface area contributed by atoms with Gasteiger partial charge in [0.25, 0.3) is 15.9 Å². The Bertz CT molecular complexity index is 935. The van der Waals surface area contributed by atoms with E-state index in [2.05, 4.69) is 15.4 Å². The van der Waals surface area contributed by atoms with Gasteiger partial charge in [0, 0.05) is 17.3 Å². The van der Waals surface area contributed by atoms with Crippen LogP contribution in [0.4, 0.5) is 5.69 Å². The first-order valence-electron chi connectivity index (χ1n) is 9.07. The van der Waals surface area contributed by atoms with Crippen LogP contribution in [0.1, 0.15) is 34.3 Å². The summed E-state index contributed by atoms with van der Waals surface area (Å²) in [5.41, 5.74) is 2.35. The van der Waals surface area contributed by atoms with Crippen molar-refractivity contribution in [3.05, 3.63) is 59.2 Å². The van der Waals surface area contributed by atoms with Gasteiger partial charge in [-0.05, 0) is 75.2 Å². The van der Waals surface area contributed by atoms with Gasteiger partial charge in [0.2, 0.25) is 0 Å². The van der Waals surface area contributed by atoms with Gasteiger partial charge in [-0.3, -0.25) is 9.52 Å². The molecule has 0 aliphatic carbocycles. The number of amides is 1. The van der Waals surface area contributed by atoms with E-state index in [4.69, 9.17) is 0 Å². The molecule has 0 unspecified atom stereocenters. The fourth-order valence-electron chi connectivity index (χ4n) is 3.17. The zero-order valence-electron chi connectivity index (χ0n) is 15.6. The van der Waals surface area contributed by atoms with E-state index in [1.807, 2.05) is 13.0 Å². The van der Waals surface area contributed by atoms with Crippen molar-refractivity contribution in [2.24, 2.45) is 0 Å². The summed E-state index contributed by atoms with van der Waals surface area (Å²) in [5, 5.41) is 6.28. The smallest absolute Gasteiger partial charge is 0.262 e. The standard InChI is InChI=1S/C20H25N3O3S/c1-14-6-7-15(2)19(12-14)27(25,26)23-18-5-3-4-16(13-18)20(24)22-17-8-10-21-11-9-17/h3-7,12-13,17,21,23H,8-11H2,1-2H3,(H,22,24). The lowest BCUT2D eigenvalue weighted by atomic mass is 10.1. The molecule has 0 radical (unpaired) electrons. The summed E-state index contributed by atoms with van der Waals surface area (Å²) in [6.45, 7) is 5.39. The van der Waals surface area contributed by atoms with Crippen molar-refractivity contribution in [2.75, 3.05) is 17.8 Å². The zero-order chi connectivity index (χ0) is 19.4. The number of piperidine rings is 1. The maximum absolute atomic E-state index is 12.8. The molecule has 27 heavy (non-hydrogen) atoms. The van der Waals surface area contributed by atoms with Crippen molar-refractivity contribution in [3.8, 4) is 0 Å². The molecule has 7 heteroatoms. The maximum atomic E-state index is 12.8. The van der Waals surface area contributed by atoms with Crippen molar-refractivity contribution in [1.29, 1.82) is 0 Å². The predicted octanol–water partition coefficient (Wildman–Crippen LogP) is 2.59. The van der Waals surface area contributed by atoms with E-state index in [1.54, 1.807) is 43.3 Å². The van der Waals surface area contributed by atoms with Crippen LogP contribution in [0.25, 0.3) is 0 Å². The first-order chi connectivity index (χ1) is 12.8. The summed E-state index contributed by atoms with van der Waals surface area (Å²) >= 11 is 0. The van der Waals surface area contributed by atoms with Gasteiger partial charge in [0.15, 0.2) is 0 Å². The van der Waals surface area contributed by atoms with Gasteiger partial charge in [-0.15, -0.1) is 0 Å². The number of carbonyl (C=O) groups is 1. The van der Waals surface area contributed by atoms with Crippen molar-refractivity contribution >= 4 is 21.6 Å². The average Bonchev–Trinajstić information content (AvgIpc) is 2.64. The Balaban J connectivity index is 1.77. The fourth-order valence-corrected chi connectivity index (χ4v) is 4.55. The van der Waals surface area contributed by atoms with Gasteiger partial charge >= 0.3 is 0 Å². The van der Waals surface area contributed by atoms with Crippen LogP contribution in [0.2, 0.25) is 0 Å². The molecule has 0 saturated carbocycles. The highest BCUT2D eigenvalue weighted by Gasteiger charge is 2.19. The third-order valence-corrected chi connectivity index (χ3v) is 6.21. The number of aryl methyl sites for hydroxylation is 2. The molecule has 1 amide bonds. The van der Waals surface area contributed by atoms with Gasteiger partial charge in [0.05, 0.1) is 4.90 Å². The molecule has 3 rings (SSSR count). The molecule has 1 aliphatic rings. The molecule has 1 aliphatic heterocycles. The minimum absolute atomic E-state index is 0.147. The molecular weight excluding hydrogens is 362 g/mol. The van der Waals surface area contributed by atoms with Crippen LogP contribution in [0, 0.1) is 13.8 Å². The van der Waals surface area contributed by atoms with Gasteiger partial charge in [-0.1, -0.05) is 18.2 Å². The monoisotopic (exact) mass is 387 g/mol. The molecule has 0 spiro atoms. The minimum Gasteiger partial charge on any atom is -0.349 e. The van der Waals surface area contributed by atoms with Crippen LogP contribution < -0.4 is 15.4 Å². The van der Waals surface area contributed by atoms with Crippen molar-refractivity contribution in [3.63, 3.8) is 0 Å². The number of benzene rings is 2. The van der Waals surface area contributed by atoms with E-state index in [0.717, 1.165) is 31.5 Å². The normalized spacial score (nSPS) is 15.3. The molecule has 0 bridgehead atoms. The van der Waals surface area contributed by atoms with Crippen molar-refractivity contribution in [2.45, 2.75) is 37.6 Å². The molecule has 1 saturated heterocycles. The fraction of sp³-hybridized carbons (Fsp3) is 0.350. The Morgan fingerprint density at radius 3 is 2.56 bits per heavy atom. The number of nitrogens with one attached hydrogen (secondary N) is 3. The molecule has 1 heterocycles. The predicted molar refractivity (Wildman–Crippen MR) is 107 cm³/mol. The maximum Gasteiger partial charge on any atom is 0.262 e. The second-order valence-corrected chi connectivity index (χ2v) is 8.60. The summed E-state index contributed by atoms with van der Waals surface area (Å²) in [7, 11) is -3.73. The number of carbonyl (C=O) groups excluding carboxylic acids is 1. The summed E-state index contributed by atoms with van der Waals surface area (Å²) in [5.74, 6) is -0.185. The van der Waals surface area contributed by atoms with Crippen LogP contribution >= 0.6 is 0 Å². The molecule has 3 N–H and O–H groups in total. The van der Waals surface area contributed by atoms with E-state index in [-0.39, 0.29) is 16.8 Å². The second-order valence-electron chi connectivity index (χ2n) is 6.95. The Morgan fingerprint density at radius 2 is 1.81 bits per heavy atom. The molecule has 1 fully saturated rings. The molecule has 144 valence electrons. The van der Waals surface area contributed by atoms with Crippen LogP contribution in [0.5, 0.6) is 0 Å². The highest BCUT2D eigenvalue weighted by Crippen LogP contribution is 2.21. The summed E-state index contributed by atoms with van der Waals surface area (Å²) in [4.78, 5) is 12.7. The highest BCUT2D eigenvalue weighted by atomic mass is 32.2. The SMILES string of the molecule is Cc1ccc(C)c(S(=O)(=O)Nc2cccc(C(=O)NC3CCNCC3)c2)c1. The minimum atomic E-state index is -3.73. The van der Waals surface area contributed by atoms with Gasteiger partial charge in [-0.25, -0.2) is 8.42 Å². The van der Waals surface area contributed by atoms with E-state index in [1.165, 1.54) is 0 Å². The lowest BCUT2D eigenvalue weighted by Gasteiger charge is -2.23. The Labute approximate surface area is 160 Å². The van der Waals surface area contributed by atoms with E-state index < -0.39 is 10.0 Å². The summed E-state index contributed by atoms with van der Waals surface area (Å²) < 4.78 is 28.1. The molecule has 0 aromatic heterocycles. The number of hydrogen-bond donors (Lipinski definition) is 3. The molecule has 6 nitrogen and oxygen atoms in total. The summed E-state index contributed by atoms with van der Waals surface area (Å²) in [6.07, 6.45) is 1.79. The number of anilines is 1. The number of hydrogen-bond acceptors (Lipinski definition) is 4. The van der Waals surface area contributed by atoms with Crippen molar-refractivity contribution < 1.29 is 13.2 Å². The molecule has 2 aromatic carbocycles. The third kappa shape index (κ3) is 4.87. The van der Waals surface area contributed by atoms with Crippen LogP contribution in [0.15, 0.2) is 47.4 Å². The number of sulfonamides is 1. The Morgan fingerprint density at radius 1 is 1.07 bits per heavy atom. The summed E-state index contributed by atoms with van der Waals surface area (Å²) in [6, 6.07) is 12.0. The topological polar surface area (TPSA) is 87.3 Å². The van der Waals surface area contributed by atoms with E-state index in [9.17, 15) is 13.2 Å².